The van der Waals surface area contributed by atoms with E-state index in [9.17, 15) is 28.7 Å². The van der Waals surface area contributed by atoms with E-state index in [1.54, 1.807) is 24.3 Å². The minimum atomic E-state index is -1.60. The first-order valence-corrected chi connectivity index (χ1v) is 10.3. The number of phenols is 1. The Labute approximate surface area is 190 Å². The molecule has 0 aromatic heterocycles. The van der Waals surface area contributed by atoms with E-state index in [0.29, 0.717) is 18.4 Å². The second kappa shape index (κ2) is 10.9. The van der Waals surface area contributed by atoms with Gasteiger partial charge >= 0.3 is 0 Å². The zero-order valence-corrected chi connectivity index (χ0v) is 17.7. The van der Waals surface area contributed by atoms with E-state index in [4.69, 9.17) is 0 Å². The van der Waals surface area contributed by atoms with Gasteiger partial charge in [-0.15, -0.1) is 0 Å². The molecule has 1 aliphatic carbocycles. The Bertz CT molecular complexity index is 1140. The third-order valence-corrected chi connectivity index (χ3v) is 5.02. The molecule has 0 bridgehead atoms. The molecule has 168 valence electrons. The van der Waals surface area contributed by atoms with E-state index < -0.39 is 29.2 Å². The molecule has 1 atom stereocenters. The van der Waals surface area contributed by atoms with Crippen molar-refractivity contribution in [1.29, 1.82) is 0 Å². The van der Waals surface area contributed by atoms with Gasteiger partial charge in [-0.05, 0) is 60.5 Å². The largest absolute Gasteiger partial charge is 0.508 e. The Morgan fingerprint density at radius 1 is 1.00 bits per heavy atom. The first-order valence-electron chi connectivity index (χ1n) is 10.3. The lowest BCUT2D eigenvalue weighted by Crippen LogP contribution is -2.35. The van der Waals surface area contributed by atoms with Crippen LogP contribution in [0.25, 0.3) is 6.08 Å². The van der Waals surface area contributed by atoms with Gasteiger partial charge in [-0.3, -0.25) is 19.2 Å². The zero-order chi connectivity index (χ0) is 23.8. The quantitative estimate of drug-likeness (QED) is 0.467. The maximum Gasteiger partial charge on any atom is 0.242 e. The van der Waals surface area contributed by atoms with E-state index in [-0.39, 0.29) is 23.6 Å². The molecule has 2 aromatic rings. The molecule has 7 heteroatoms. The van der Waals surface area contributed by atoms with Crippen molar-refractivity contribution in [2.24, 2.45) is 5.92 Å². The van der Waals surface area contributed by atoms with E-state index in [1.165, 1.54) is 36.4 Å². The number of ketones is 3. The van der Waals surface area contributed by atoms with Gasteiger partial charge in [0.05, 0.1) is 0 Å². The predicted octanol–water partition coefficient (Wildman–Crippen LogP) is 4.17. The second-order valence-electron chi connectivity index (χ2n) is 7.51. The lowest BCUT2D eigenvalue weighted by atomic mass is 9.92. The molecule has 33 heavy (non-hydrogen) atoms. The number of nitrogens with one attached hydrogen (secondary N) is 1. The Balaban J connectivity index is 1.79. The normalized spacial score (nSPS) is 15.5. The van der Waals surface area contributed by atoms with Gasteiger partial charge in [0.25, 0.3) is 0 Å². The van der Waals surface area contributed by atoms with Crippen molar-refractivity contribution in [1.82, 2.24) is 0 Å². The molecular formula is C26H22FNO5. The minimum Gasteiger partial charge on any atom is -0.508 e. The lowest BCUT2D eigenvalue weighted by molar-refractivity contribution is -0.136. The Morgan fingerprint density at radius 3 is 2.33 bits per heavy atom. The van der Waals surface area contributed by atoms with Gasteiger partial charge in [-0.2, -0.15) is 0 Å². The molecule has 6 nitrogen and oxygen atoms in total. The number of benzene rings is 2. The number of carbonyl (C=O) groups is 4. The van der Waals surface area contributed by atoms with Crippen molar-refractivity contribution < 1.29 is 28.7 Å². The summed E-state index contributed by atoms with van der Waals surface area (Å²) in [5.74, 6) is -4.15. The van der Waals surface area contributed by atoms with Gasteiger partial charge in [0, 0.05) is 18.5 Å². The summed E-state index contributed by atoms with van der Waals surface area (Å²) in [6, 6.07) is 11.0. The Hall–Kier alpha value is -4.13. The highest BCUT2D eigenvalue weighted by Crippen LogP contribution is 2.18. The van der Waals surface area contributed by atoms with Gasteiger partial charge in [-0.25, -0.2) is 4.39 Å². The molecule has 1 amide bonds. The molecule has 0 radical (unpaired) electrons. The van der Waals surface area contributed by atoms with Crippen molar-refractivity contribution in [3.63, 3.8) is 0 Å². The fourth-order valence-electron chi connectivity index (χ4n) is 3.20. The Morgan fingerprint density at radius 2 is 1.70 bits per heavy atom. The number of allylic oxidation sites excluding steroid dienone is 5. The molecule has 0 heterocycles. The number of anilines is 1. The first-order chi connectivity index (χ1) is 15.8. The number of Topliss-reactive ketones (excluding diaryl/α,β-unsaturated/α-hetero) is 1. The average molecular weight is 447 g/mol. The summed E-state index contributed by atoms with van der Waals surface area (Å²) < 4.78 is 13.1. The van der Waals surface area contributed by atoms with Crippen LogP contribution in [0.4, 0.5) is 10.1 Å². The van der Waals surface area contributed by atoms with E-state index in [1.807, 2.05) is 0 Å². The number of hydrogen-bond donors (Lipinski definition) is 2. The van der Waals surface area contributed by atoms with E-state index in [2.05, 4.69) is 5.32 Å². The van der Waals surface area contributed by atoms with Crippen LogP contribution < -0.4 is 5.32 Å². The van der Waals surface area contributed by atoms with Gasteiger partial charge in [0.1, 0.15) is 11.6 Å². The number of aromatic hydroxyl groups is 1. The molecule has 0 aliphatic heterocycles. The van der Waals surface area contributed by atoms with Gasteiger partial charge in [0.15, 0.2) is 23.3 Å². The van der Waals surface area contributed by atoms with Gasteiger partial charge in [-0.1, -0.05) is 35.9 Å². The third-order valence-electron chi connectivity index (χ3n) is 5.02. The molecule has 1 aliphatic rings. The van der Waals surface area contributed by atoms with Crippen molar-refractivity contribution in [2.75, 3.05) is 5.32 Å². The summed E-state index contributed by atoms with van der Waals surface area (Å²) in [5, 5.41) is 11.9. The molecule has 0 spiro atoms. The van der Waals surface area contributed by atoms with Crippen LogP contribution in [0.3, 0.4) is 0 Å². The van der Waals surface area contributed by atoms with Gasteiger partial charge < -0.3 is 10.4 Å². The number of rotatable bonds is 8. The number of amides is 1. The lowest BCUT2D eigenvalue weighted by Gasteiger charge is -2.13. The highest BCUT2D eigenvalue weighted by molar-refractivity contribution is 6.25. The summed E-state index contributed by atoms with van der Waals surface area (Å²) in [7, 11) is 0. The standard InChI is InChI=1S/C26H22FNO5/c27-19-7-9-20(10-8-19)28-26(33)25(23(31)15-5-17-1-11-21(29)12-2-17)24(32)16-6-18-3-13-22(30)14-4-18/h1-3,5-13,15,25,29H,4,14,16H2,(H,28,33)/b15-5+,18-6+. The predicted molar refractivity (Wildman–Crippen MR) is 122 cm³/mol. The monoisotopic (exact) mass is 447 g/mol. The van der Waals surface area contributed by atoms with Crippen molar-refractivity contribution in [3.05, 3.63) is 89.8 Å². The molecule has 2 aromatic carbocycles. The first kappa shape index (κ1) is 23.5. The minimum absolute atomic E-state index is 0.00424. The molecule has 2 N–H and O–H groups in total. The Kier molecular flexibility index (Phi) is 7.81. The van der Waals surface area contributed by atoms with Crippen LogP contribution >= 0.6 is 0 Å². The van der Waals surface area contributed by atoms with E-state index in [0.717, 1.165) is 23.8 Å². The fraction of sp³-hybridized carbons (Fsp3) is 0.154. The number of carbonyl (C=O) groups excluding carboxylic acids is 4. The summed E-state index contributed by atoms with van der Waals surface area (Å²) >= 11 is 0. The topological polar surface area (TPSA) is 101 Å². The maximum atomic E-state index is 13.1. The van der Waals surface area contributed by atoms with Crippen LogP contribution in [-0.4, -0.2) is 28.4 Å². The fourth-order valence-corrected chi connectivity index (χ4v) is 3.20. The molecule has 3 rings (SSSR count). The third kappa shape index (κ3) is 6.93. The summed E-state index contributed by atoms with van der Waals surface area (Å²) in [4.78, 5) is 49.9. The average Bonchev–Trinajstić information content (AvgIpc) is 2.80. The number of phenolic OH excluding ortho intramolecular Hbond substituents is 1. The van der Waals surface area contributed by atoms with Crippen molar-refractivity contribution in [3.8, 4) is 5.75 Å². The highest BCUT2D eigenvalue weighted by Gasteiger charge is 2.31. The van der Waals surface area contributed by atoms with Crippen molar-refractivity contribution in [2.45, 2.75) is 19.3 Å². The van der Waals surface area contributed by atoms with Crippen LogP contribution in [0.1, 0.15) is 24.8 Å². The zero-order valence-electron chi connectivity index (χ0n) is 17.7. The van der Waals surface area contributed by atoms with E-state index >= 15 is 0 Å². The molecule has 1 unspecified atom stereocenters. The molecule has 0 fully saturated rings. The molecular weight excluding hydrogens is 425 g/mol. The van der Waals surface area contributed by atoms with Crippen LogP contribution in [0.15, 0.2) is 78.4 Å². The van der Waals surface area contributed by atoms with Gasteiger partial charge in [0.2, 0.25) is 5.91 Å². The van der Waals surface area contributed by atoms with Crippen molar-refractivity contribution >= 4 is 35.0 Å². The van der Waals surface area contributed by atoms with Crippen LogP contribution in [0, 0.1) is 11.7 Å². The number of halogens is 1. The second-order valence-corrected chi connectivity index (χ2v) is 7.51. The number of hydrogen-bond acceptors (Lipinski definition) is 5. The smallest absolute Gasteiger partial charge is 0.242 e. The summed E-state index contributed by atoms with van der Waals surface area (Å²) in [6.07, 6.45) is 7.94. The molecule has 0 saturated carbocycles. The van der Waals surface area contributed by atoms with Crippen LogP contribution in [0.5, 0.6) is 5.75 Å². The summed E-state index contributed by atoms with van der Waals surface area (Å²) in [5.41, 5.74) is 1.64. The van der Waals surface area contributed by atoms with Crippen LogP contribution in [0.2, 0.25) is 0 Å². The summed E-state index contributed by atoms with van der Waals surface area (Å²) in [6.45, 7) is 0. The SMILES string of the molecule is O=C1C=C/C(=C\CC(=O)C(C(=O)/C=C/c2ccc(O)cc2)C(=O)Nc2ccc(F)cc2)CC1. The highest BCUT2D eigenvalue weighted by atomic mass is 19.1. The maximum absolute atomic E-state index is 13.1. The van der Waals surface area contributed by atoms with Crippen LogP contribution in [-0.2, 0) is 19.2 Å². The molecule has 0 saturated heterocycles.